The summed E-state index contributed by atoms with van der Waals surface area (Å²) in [7, 11) is 0. The molecule has 0 aromatic heterocycles. The van der Waals surface area contributed by atoms with Crippen LogP contribution in [0.4, 0.5) is 10.5 Å². The Kier molecular flexibility index (Phi) is 11.4. The third kappa shape index (κ3) is 8.49. The average Bonchev–Trinajstić information content (AvgIpc) is 3.57. The maximum absolute atomic E-state index is 13.3. The molecule has 8 rings (SSSR count). The van der Waals surface area contributed by atoms with Gasteiger partial charge >= 0.3 is 6.03 Å². The van der Waals surface area contributed by atoms with Crippen LogP contribution in [0.1, 0.15) is 59.5 Å². The first kappa shape index (κ1) is 37.4. The Bertz CT molecular complexity index is 2070. The van der Waals surface area contributed by atoms with Gasteiger partial charge < -0.3 is 40.3 Å². The molecule has 5 aromatic rings. The summed E-state index contributed by atoms with van der Waals surface area (Å²) < 4.78 is 13.4. The van der Waals surface area contributed by atoms with Gasteiger partial charge in [-0.25, -0.2) is 4.79 Å². The SMILES string of the molecule is O=C(NCc1ccccc1)NCc1cccc(-c2ccc(C3OC(CN4CCC5(CC4)C(=O)NCN5c4ccccc4)CC(c4ccc(CO)cc4)O3)cc2)c1. The van der Waals surface area contributed by atoms with E-state index in [-0.39, 0.29) is 30.8 Å². The van der Waals surface area contributed by atoms with E-state index in [0.717, 1.165) is 77.1 Å². The summed E-state index contributed by atoms with van der Waals surface area (Å²) in [5, 5.41) is 18.6. The van der Waals surface area contributed by atoms with E-state index in [2.05, 4.69) is 74.3 Å². The highest BCUT2D eigenvalue weighted by Gasteiger charge is 2.50. The predicted molar refractivity (Wildman–Crippen MR) is 216 cm³/mol. The van der Waals surface area contributed by atoms with Crippen LogP contribution in [0.3, 0.4) is 0 Å². The van der Waals surface area contributed by atoms with Crippen molar-refractivity contribution in [1.82, 2.24) is 20.9 Å². The Hall–Kier alpha value is -5.52. The van der Waals surface area contributed by atoms with Crippen molar-refractivity contribution in [2.45, 2.75) is 63.0 Å². The van der Waals surface area contributed by atoms with Crippen LogP contribution in [0.25, 0.3) is 11.1 Å². The number of rotatable bonds is 11. The first-order valence-corrected chi connectivity index (χ1v) is 19.5. The van der Waals surface area contributed by atoms with Gasteiger partial charge in [0.25, 0.3) is 0 Å². The lowest BCUT2D eigenvalue weighted by molar-refractivity contribution is -0.253. The fourth-order valence-electron chi connectivity index (χ4n) is 8.18. The monoisotopic (exact) mass is 751 g/mol. The summed E-state index contributed by atoms with van der Waals surface area (Å²) in [6.45, 7) is 3.72. The van der Waals surface area contributed by atoms with Crippen molar-refractivity contribution in [2.24, 2.45) is 0 Å². The van der Waals surface area contributed by atoms with E-state index in [4.69, 9.17) is 9.47 Å². The van der Waals surface area contributed by atoms with Crippen molar-refractivity contribution in [3.05, 3.63) is 161 Å². The van der Waals surface area contributed by atoms with E-state index in [9.17, 15) is 14.7 Å². The van der Waals surface area contributed by atoms with Crippen molar-refractivity contribution in [3.63, 3.8) is 0 Å². The lowest BCUT2D eigenvalue weighted by Crippen LogP contribution is -2.57. The Morgan fingerprint density at radius 1 is 0.732 bits per heavy atom. The van der Waals surface area contributed by atoms with Gasteiger partial charge in [-0.05, 0) is 64.4 Å². The summed E-state index contributed by atoms with van der Waals surface area (Å²) in [6, 6.07) is 44.3. The number of para-hydroxylation sites is 1. The first-order valence-electron chi connectivity index (χ1n) is 19.5. The van der Waals surface area contributed by atoms with Crippen molar-refractivity contribution in [2.75, 3.05) is 31.2 Å². The maximum atomic E-state index is 13.3. The minimum atomic E-state index is -0.569. The number of anilines is 1. The Labute approximate surface area is 328 Å². The molecule has 3 amide bonds. The smallest absolute Gasteiger partial charge is 0.315 e. The highest BCUT2D eigenvalue weighted by molar-refractivity contribution is 5.93. The number of urea groups is 1. The summed E-state index contributed by atoms with van der Waals surface area (Å²) >= 11 is 0. The number of nitrogens with one attached hydrogen (secondary N) is 3. The topological polar surface area (TPSA) is 115 Å². The Morgan fingerprint density at radius 3 is 2.11 bits per heavy atom. The molecule has 0 saturated carbocycles. The molecule has 3 saturated heterocycles. The molecule has 0 bridgehead atoms. The number of aliphatic hydroxyl groups is 1. The quantitative estimate of drug-likeness (QED) is 0.117. The van der Waals surface area contributed by atoms with Crippen molar-refractivity contribution >= 4 is 17.6 Å². The second-order valence-corrected chi connectivity index (χ2v) is 15.0. The molecule has 0 radical (unpaired) electrons. The molecule has 4 N–H and O–H groups in total. The van der Waals surface area contributed by atoms with E-state index in [1.807, 2.05) is 84.9 Å². The lowest BCUT2D eigenvalue weighted by atomic mass is 9.85. The van der Waals surface area contributed by atoms with Crippen LogP contribution >= 0.6 is 0 Å². The molecule has 3 unspecified atom stereocenters. The number of hydrogen-bond donors (Lipinski definition) is 4. The normalized spacial score (nSPS) is 20.8. The maximum Gasteiger partial charge on any atom is 0.315 e. The number of benzene rings is 5. The zero-order valence-electron chi connectivity index (χ0n) is 31.5. The molecular weight excluding hydrogens is 703 g/mol. The fraction of sp³-hybridized carbons (Fsp3) is 0.304. The number of hydrogen-bond acceptors (Lipinski definition) is 7. The minimum absolute atomic E-state index is 0.00774. The molecule has 10 nitrogen and oxygen atoms in total. The zero-order valence-corrected chi connectivity index (χ0v) is 31.5. The van der Waals surface area contributed by atoms with Crippen LogP contribution in [0.5, 0.6) is 0 Å². The molecule has 3 aliphatic heterocycles. The standard InChI is InChI=1S/C46H49N5O5/c52-31-34-14-16-37(17-15-34)42-27-41(30-50-24-22-46(23-25-50)44(53)49-32-51(46)40-12-5-2-6-13-40)55-43(56-42)38-20-18-36(19-21-38)39-11-7-10-35(26-39)29-48-45(54)47-28-33-8-3-1-4-9-33/h1-21,26,41-43,52H,22-25,27-32H2,(H,49,53)(H2,47,48,54). The van der Waals surface area contributed by atoms with Gasteiger partial charge in [-0.3, -0.25) is 4.79 Å². The van der Waals surface area contributed by atoms with E-state index in [1.54, 1.807) is 0 Å². The van der Waals surface area contributed by atoms with Crippen molar-refractivity contribution < 1.29 is 24.2 Å². The number of amides is 3. The molecule has 288 valence electrons. The van der Waals surface area contributed by atoms with Gasteiger partial charge in [-0.1, -0.05) is 115 Å². The van der Waals surface area contributed by atoms with Gasteiger partial charge in [-0.15, -0.1) is 0 Å². The second-order valence-electron chi connectivity index (χ2n) is 15.0. The molecular formula is C46H49N5O5. The minimum Gasteiger partial charge on any atom is -0.392 e. The Balaban J connectivity index is 0.927. The summed E-state index contributed by atoms with van der Waals surface area (Å²) in [6.07, 6.45) is 1.32. The summed E-state index contributed by atoms with van der Waals surface area (Å²) in [5.74, 6) is 0.114. The predicted octanol–water partition coefficient (Wildman–Crippen LogP) is 6.82. The number of carbonyl (C=O) groups excluding carboxylic acids is 2. The second kappa shape index (κ2) is 17.1. The van der Waals surface area contributed by atoms with E-state index in [0.29, 0.717) is 26.2 Å². The highest BCUT2D eigenvalue weighted by Crippen LogP contribution is 2.40. The van der Waals surface area contributed by atoms with E-state index >= 15 is 0 Å². The molecule has 3 fully saturated rings. The van der Waals surface area contributed by atoms with Crippen molar-refractivity contribution in [3.8, 4) is 11.1 Å². The molecule has 1 spiro atoms. The van der Waals surface area contributed by atoms with Crippen LogP contribution in [-0.2, 0) is 34.0 Å². The number of ether oxygens (including phenoxy) is 2. The molecule has 3 heterocycles. The zero-order chi connectivity index (χ0) is 38.3. The van der Waals surface area contributed by atoms with Crippen LogP contribution < -0.4 is 20.9 Å². The van der Waals surface area contributed by atoms with Gasteiger partial charge in [0.05, 0.1) is 25.5 Å². The first-order chi connectivity index (χ1) is 27.5. The average molecular weight is 752 g/mol. The van der Waals surface area contributed by atoms with Gasteiger partial charge in [0.2, 0.25) is 5.91 Å². The number of piperidine rings is 1. The molecule has 3 aliphatic rings. The number of carbonyl (C=O) groups is 2. The fourth-order valence-corrected chi connectivity index (χ4v) is 8.18. The van der Waals surface area contributed by atoms with Gasteiger partial charge in [0.15, 0.2) is 6.29 Å². The largest absolute Gasteiger partial charge is 0.392 e. The van der Waals surface area contributed by atoms with Crippen LogP contribution in [-0.4, -0.2) is 59.9 Å². The van der Waals surface area contributed by atoms with Gasteiger partial charge in [0.1, 0.15) is 5.54 Å². The van der Waals surface area contributed by atoms with Crippen LogP contribution in [0.2, 0.25) is 0 Å². The van der Waals surface area contributed by atoms with Crippen LogP contribution in [0.15, 0.2) is 133 Å². The van der Waals surface area contributed by atoms with E-state index in [1.165, 1.54) is 0 Å². The Morgan fingerprint density at radius 2 is 1.39 bits per heavy atom. The third-order valence-electron chi connectivity index (χ3n) is 11.4. The van der Waals surface area contributed by atoms with E-state index < -0.39 is 11.8 Å². The van der Waals surface area contributed by atoms with Crippen molar-refractivity contribution in [1.29, 1.82) is 0 Å². The number of aliphatic hydroxyl groups excluding tert-OH is 1. The molecule has 5 aromatic carbocycles. The molecule has 0 aliphatic carbocycles. The third-order valence-corrected chi connectivity index (χ3v) is 11.4. The molecule has 56 heavy (non-hydrogen) atoms. The molecule has 10 heteroatoms. The molecule has 3 atom stereocenters. The van der Waals surface area contributed by atoms with Crippen LogP contribution in [0, 0.1) is 0 Å². The lowest BCUT2D eigenvalue weighted by Gasteiger charge is -2.45. The number of nitrogens with zero attached hydrogens (tertiary/aromatic N) is 2. The number of likely N-dealkylation sites (tertiary alicyclic amines) is 1. The van der Waals surface area contributed by atoms with Gasteiger partial charge in [0, 0.05) is 50.4 Å². The highest BCUT2D eigenvalue weighted by atomic mass is 16.7. The van der Waals surface area contributed by atoms with Gasteiger partial charge in [-0.2, -0.15) is 0 Å². The summed E-state index contributed by atoms with van der Waals surface area (Å²) in [5.41, 5.74) is 7.53. The summed E-state index contributed by atoms with van der Waals surface area (Å²) in [4.78, 5) is 30.4.